The first-order valence-electron chi connectivity index (χ1n) is 5.06. The summed E-state index contributed by atoms with van der Waals surface area (Å²) in [6.45, 7) is 0. The number of carbonyl (C=O) groups is 4. The van der Waals surface area contributed by atoms with E-state index < -0.39 is 23.6 Å². The van der Waals surface area contributed by atoms with Crippen molar-refractivity contribution in [1.29, 1.82) is 0 Å². The molecule has 4 amide bonds. The van der Waals surface area contributed by atoms with Crippen molar-refractivity contribution in [2.24, 2.45) is 0 Å². The Kier molecular flexibility index (Phi) is 4.19. The van der Waals surface area contributed by atoms with Crippen LogP contribution in [0.4, 0.5) is 0 Å². The van der Waals surface area contributed by atoms with Gasteiger partial charge in [-0.3, -0.25) is 29.0 Å². The number of imide groups is 2. The zero-order valence-corrected chi connectivity index (χ0v) is 13.2. The first kappa shape index (κ1) is 15.4. The van der Waals surface area contributed by atoms with Crippen molar-refractivity contribution < 1.29 is 19.2 Å². The zero-order chi connectivity index (χ0) is 15.2. The molecule has 0 radical (unpaired) electrons. The number of amides is 4. The third-order valence-corrected chi connectivity index (χ3v) is 5.94. The fraction of sp³-hybridized carbons (Fsp3) is 0.200. The van der Waals surface area contributed by atoms with Gasteiger partial charge in [0, 0.05) is 14.1 Å². The molecule has 2 aliphatic heterocycles. The van der Waals surface area contributed by atoms with Gasteiger partial charge >= 0.3 is 0 Å². The van der Waals surface area contributed by atoms with E-state index in [1.165, 1.54) is 14.1 Å². The molecule has 0 aromatic rings. The fourth-order valence-electron chi connectivity index (χ4n) is 1.39. The lowest BCUT2D eigenvalue weighted by molar-refractivity contribution is -0.137. The highest BCUT2D eigenvalue weighted by Gasteiger charge is 2.39. The molecule has 0 fully saturated rings. The molecule has 0 aliphatic carbocycles. The minimum atomic E-state index is -0.606. The molecule has 0 bridgehead atoms. The molecule has 0 saturated carbocycles. The summed E-state index contributed by atoms with van der Waals surface area (Å²) < 4.78 is 0. The van der Waals surface area contributed by atoms with E-state index >= 15 is 0 Å². The highest BCUT2D eigenvalue weighted by atomic mass is 35.5. The van der Waals surface area contributed by atoms with E-state index in [2.05, 4.69) is 0 Å². The van der Waals surface area contributed by atoms with Gasteiger partial charge in [0.15, 0.2) is 0 Å². The van der Waals surface area contributed by atoms with E-state index in [0.717, 1.165) is 31.4 Å². The fourth-order valence-corrected chi connectivity index (χ4v) is 4.65. The molecule has 0 aromatic carbocycles. The second-order valence-electron chi connectivity index (χ2n) is 3.79. The van der Waals surface area contributed by atoms with Gasteiger partial charge in [-0.2, -0.15) is 0 Å². The summed E-state index contributed by atoms with van der Waals surface area (Å²) in [5.41, 5.74) is 0. The van der Waals surface area contributed by atoms with Gasteiger partial charge in [0.25, 0.3) is 23.6 Å². The molecular weight excluding hydrogens is 347 g/mol. The molecule has 10 heteroatoms. The van der Waals surface area contributed by atoms with Gasteiger partial charge in [-0.15, -0.1) is 0 Å². The minimum absolute atomic E-state index is 0.0101. The second-order valence-corrected chi connectivity index (χ2v) is 6.70. The Morgan fingerprint density at radius 1 is 0.700 bits per heavy atom. The van der Waals surface area contributed by atoms with E-state index in [-0.39, 0.29) is 19.9 Å². The lowest BCUT2D eigenvalue weighted by Gasteiger charge is -2.06. The van der Waals surface area contributed by atoms with Gasteiger partial charge in [-0.1, -0.05) is 23.2 Å². The number of halogens is 2. The number of hydrogen-bond donors (Lipinski definition) is 0. The molecule has 0 unspecified atom stereocenters. The van der Waals surface area contributed by atoms with Gasteiger partial charge in [0.2, 0.25) is 0 Å². The molecule has 0 spiro atoms. The summed E-state index contributed by atoms with van der Waals surface area (Å²) in [7, 11) is 4.26. The molecule has 6 nitrogen and oxygen atoms in total. The number of hydrogen-bond acceptors (Lipinski definition) is 6. The SMILES string of the molecule is CN1C(=O)C(Cl)=C(SSC2=C(Cl)C(=O)N(C)C2=O)C1=O. The van der Waals surface area contributed by atoms with Crippen molar-refractivity contribution >= 4 is 68.4 Å². The van der Waals surface area contributed by atoms with Crippen LogP contribution in [0, 0.1) is 0 Å². The Morgan fingerprint density at radius 3 is 1.20 bits per heavy atom. The smallest absolute Gasteiger partial charge is 0.273 e. The first-order chi connectivity index (χ1) is 9.27. The number of nitrogens with zero attached hydrogens (tertiary/aromatic N) is 2. The summed E-state index contributed by atoms with van der Waals surface area (Å²) in [5.74, 6) is -2.32. The average molecular weight is 353 g/mol. The maximum atomic E-state index is 11.7. The van der Waals surface area contributed by atoms with Crippen molar-refractivity contribution in [3.8, 4) is 0 Å². The first-order valence-corrected chi connectivity index (χ1v) is 7.96. The molecule has 106 valence electrons. The molecule has 20 heavy (non-hydrogen) atoms. The number of rotatable bonds is 3. The predicted octanol–water partition coefficient (Wildman–Crippen LogP) is 1.27. The monoisotopic (exact) mass is 352 g/mol. The molecule has 0 atom stereocenters. The normalized spacial score (nSPS) is 20.2. The predicted molar refractivity (Wildman–Crippen MR) is 76.5 cm³/mol. The van der Waals surface area contributed by atoms with Gasteiger partial charge in [0.1, 0.15) is 19.9 Å². The summed E-state index contributed by atoms with van der Waals surface area (Å²) in [6, 6.07) is 0. The Balaban J connectivity index is 2.19. The van der Waals surface area contributed by atoms with Crippen molar-refractivity contribution in [3.05, 3.63) is 19.9 Å². The van der Waals surface area contributed by atoms with Crippen molar-refractivity contribution in [2.75, 3.05) is 14.1 Å². The third kappa shape index (κ3) is 2.26. The topological polar surface area (TPSA) is 74.8 Å². The van der Waals surface area contributed by atoms with Crippen LogP contribution in [-0.2, 0) is 19.2 Å². The van der Waals surface area contributed by atoms with E-state index in [1.54, 1.807) is 0 Å². The Bertz CT molecular complexity index is 575. The van der Waals surface area contributed by atoms with Crippen molar-refractivity contribution in [2.45, 2.75) is 0 Å². The van der Waals surface area contributed by atoms with Crippen LogP contribution < -0.4 is 0 Å². The highest BCUT2D eigenvalue weighted by molar-refractivity contribution is 8.80. The molecule has 0 saturated heterocycles. The van der Waals surface area contributed by atoms with Gasteiger partial charge in [0.05, 0.1) is 0 Å². The van der Waals surface area contributed by atoms with Crippen LogP contribution in [0.2, 0.25) is 0 Å². The standard InChI is InChI=1S/C10H6Cl2N2O4S2/c1-13-7(15)3(11)5(9(13)17)19-20-6-4(12)8(16)14(2)10(6)18/h1-2H3. The van der Waals surface area contributed by atoms with Crippen LogP contribution in [0.5, 0.6) is 0 Å². The van der Waals surface area contributed by atoms with Gasteiger partial charge in [-0.25, -0.2) is 0 Å². The molecule has 2 aliphatic rings. The van der Waals surface area contributed by atoms with E-state index in [0.29, 0.717) is 0 Å². The van der Waals surface area contributed by atoms with Crippen LogP contribution in [0.25, 0.3) is 0 Å². The molecular formula is C10H6Cl2N2O4S2. The Hall–Kier alpha value is -0.960. The largest absolute Gasteiger partial charge is 0.276 e. The molecule has 0 aromatic heterocycles. The maximum Gasteiger partial charge on any atom is 0.273 e. The van der Waals surface area contributed by atoms with Crippen LogP contribution in [0.3, 0.4) is 0 Å². The van der Waals surface area contributed by atoms with Crippen molar-refractivity contribution in [3.63, 3.8) is 0 Å². The third-order valence-electron chi connectivity index (χ3n) is 2.59. The second kappa shape index (κ2) is 5.44. The number of carbonyl (C=O) groups excluding carboxylic acids is 4. The molecule has 2 rings (SSSR count). The summed E-state index contributed by atoms with van der Waals surface area (Å²) in [4.78, 5) is 48.2. The van der Waals surface area contributed by atoms with E-state index in [1.807, 2.05) is 0 Å². The maximum absolute atomic E-state index is 11.7. The van der Waals surface area contributed by atoms with Crippen molar-refractivity contribution in [1.82, 2.24) is 9.80 Å². The van der Waals surface area contributed by atoms with Gasteiger partial charge in [-0.05, 0) is 21.6 Å². The Labute approximate surface area is 131 Å². The molecule has 2 heterocycles. The summed E-state index contributed by atoms with van der Waals surface area (Å²) in [6.07, 6.45) is 0. The zero-order valence-electron chi connectivity index (χ0n) is 10.1. The van der Waals surface area contributed by atoms with Crippen LogP contribution in [-0.4, -0.2) is 47.5 Å². The van der Waals surface area contributed by atoms with E-state index in [4.69, 9.17) is 23.2 Å². The lowest BCUT2D eigenvalue weighted by atomic mass is 10.5. The number of likely N-dealkylation sites (N-methyl/N-ethyl adjacent to an activating group) is 2. The minimum Gasteiger partial charge on any atom is -0.276 e. The quantitative estimate of drug-likeness (QED) is 0.562. The lowest BCUT2D eigenvalue weighted by Crippen LogP contribution is -2.26. The summed E-state index contributed by atoms with van der Waals surface area (Å²) in [5, 5.41) is -0.423. The van der Waals surface area contributed by atoms with Crippen LogP contribution in [0.1, 0.15) is 0 Å². The van der Waals surface area contributed by atoms with Crippen LogP contribution >= 0.6 is 44.8 Å². The average Bonchev–Trinajstić information content (AvgIpc) is 2.72. The van der Waals surface area contributed by atoms with Crippen LogP contribution in [0.15, 0.2) is 19.9 Å². The molecule has 0 N–H and O–H groups in total. The van der Waals surface area contributed by atoms with E-state index in [9.17, 15) is 19.2 Å². The van der Waals surface area contributed by atoms with Gasteiger partial charge < -0.3 is 0 Å². The highest BCUT2D eigenvalue weighted by Crippen LogP contribution is 2.45. The Morgan fingerprint density at radius 2 is 1.00 bits per heavy atom. The summed E-state index contributed by atoms with van der Waals surface area (Å²) >= 11 is 11.5.